The Bertz CT molecular complexity index is 6030. The number of hydrogen-bond donors (Lipinski definition) is 4. The second-order valence-electron chi connectivity index (χ2n) is 27.8. The van der Waals surface area contributed by atoms with E-state index in [1.807, 2.05) is 166 Å². The van der Waals surface area contributed by atoms with Crippen LogP contribution in [0.15, 0.2) is 194 Å². The van der Waals surface area contributed by atoms with Crippen molar-refractivity contribution < 1.29 is 37.7 Å². The van der Waals surface area contributed by atoms with E-state index in [4.69, 9.17) is 39.5 Å². The van der Waals surface area contributed by atoms with E-state index in [2.05, 4.69) is 147 Å². The van der Waals surface area contributed by atoms with Crippen LogP contribution < -0.4 is 9.47 Å². The maximum atomic E-state index is 10.6. The fraction of sp³-hybridized carbons (Fsp3) is 0.247. The van der Waals surface area contributed by atoms with Crippen LogP contribution in [0, 0.1) is 121 Å². The summed E-state index contributed by atoms with van der Waals surface area (Å²) in [6, 6.07) is 45.2. The molecule has 0 saturated carbocycles. The Labute approximate surface area is 720 Å². The van der Waals surface area contributed by atoms with E-state index in [0.29, 0.717) is 16.6 Å². The van der Waals surface area contributed by atoms with Gasteiger partial charge in [-0.25, -0.2) is 39.7 Å². The standard InChI is InChI=1S/C10H12N2.C9H8N2O2.C9H10N2O.C9H9NOS.C9H9NO.C9H9NS.C8H6ClNO.C8H13NO.C6H6N2O2.3C4H5NS/c1-6-4-9-10(5-7(6)2)12-8(3)11-9;1-5-10-7-3-2-6(9(12)13)4-8(7)11-5;1-6-10-8-4-3-7(12-2)5-9(8)11-6;1-6-10-8-4-3-7(11-2)5-9(8)12-6;2*1-6-3-4-8-9(5-6)11-7(2)10-8;1-5-10-7-4-6(9)2-3-8(7)11-5;1-6-5-7(10-9-6)8(2,3)4;1-5-3-2-4-6(7-5)8(9)10;3*1-4-5-2-3-6-4/h4-5H,1-3H3,(H,11,12);2-4H,1H3,(H,10,11)(H,12,13);3-5H,1-2H3,(H,10,11);3-5H,1-2H3;2*3-5H,1-2H3;2-4H,1H3;5H,1-4H3;2-4H,1H3;3*2-3H,1H3. The second-order valence-corrected chi connectivity index (χ2v) is 34.0. The fourth-order valence-electron chi connectivity index (χ4n) is 10.6. The minimum absolute atomic E-state index is 0.0846. The molecule has 7 aromatic carbocycles. The van der Waals surface area contributed by atoms with Crippen molar-refractivity contribution in [1.29, 1.82) is 0 Å². The molecule has 0 aliphatic rings. The fourth-order valence-corrected chi connectivity index (χ4v) is 13.9. The normalized spacial score (nSPS) is 10.4. The number of nitrogens with one attached hydrogen (secondary N) is 3. The number of aryl methyl sites for hydroxylation is 16. The molecule has 624 valence electrons. The summed E-state index contributed by atoms with van der Waals surface area (Å²) in [4.78, 5) is 74.9. The zero-order valence-electron chi connectivity index (χ0n) is 70.8. The largest absolute Gasteiger partial charge is 0.497 e. The van der Waals surface area contributed by atoms with E-state index >= 15 is 0 Å². The highest BCUT2D eigenvalue weighted by Crippen LogP contribution is 2.28. The number of carbonyl (C=O) groups is 1. The lowest BCUT2D eigenvalue weighted by atomic mass is 9.93. The van der Waals surface area contributed by atoms with Gasteiger partial charge in [0.15, 0.2) is 22.9 Å². The third-order valence-corrected chi connectivity index (χ3v) is 20.6. The third-order valence-electron chi connectivity index (χ3n) is 16.4. The van der Waals surface area contributed by atoms with Crippen molar-refractivity contribution in [3.05, 3.63) is 295 Å². The first-order valence-corrected chi connectivity index (χ1v) is 42.1. The molecular formula is C89H97ClN16O9S5. The lowest BCUT2D eigenvalue weighted by Crippen LogP contribution is -2.09. The predicted molar refractivity (Wildman–Crippen MR) is 489 cm³/mol. The van der Waals surface area contributed by atoms with Gasteiger partial charge in [-0.05, 0) is 237 Å². The van der Waals surface area contributed by atoms with Gasteiger partial charge in [0.05, 0.1) is 104 Å². The highest BCUT2D eigenvalue weighted by Gasteiger charge is 2.18. The van der Waals surface area contributed by atoms with Crippen LogP contribution in [0.25, 0.3) is 75.7 Å². The number of benzene rings is 7. The van der Waals surface area contributed by atoms with Gasteiger partial charge in [-0.1, -0.05) is 49.7 Å². The van der Waals surface area contributed by atoms with Gasteiger partial charge in [-0.15, -0.1) is 56.7 Å². The molecule has 0 radical (unpaired) electrons. The van der Waals surface area contributed by atoms with Crippen molar-refractivity contribution in [1.82, 2.24) is 74.9 Å². The predicted octanol–water partition coefficient (Wildman–Crippen LogP) is 24.6. The number of fused-ring (bicyclic) bond motifs is 7. The van der Waals surface area contributed by atoms with Gasteiger partial charge in [-0.3, -0.25) is 15.0 Å². The number of H-pyrrole nitrogens is 3. The third kappa shape index (κ3) is 30.2. The van der Waals surface area contributed by atoms with E-state index in [1.54, 1.807) is 139 Å². The Kier molecular flexibility index (Phi) is 35.0. The number of methoxy groups -OCH3 is 2. The van der Waals surface area contributed by atoms with Crippen LogP contribution in [0.5, 0.6) is 11.5 Å². The first-order chi connectivity index (χ1) is 57.1. The Morgan fingerprint density at radius 1 is 0.458 bits per heavy atom. The molecule has 0 unspecified atom stereocenters. The van der Waals surface area contributed by atoms with E-state index in [0.717, 1.165) is 138 Å². The van der Waals surface area contributed by atoms with Crippen LogP contribution in [0.1, 0.15) is 125 Å². The van der Waals surface area contributed by atoms with Gasteiger partial charge in [0.1, 0.15) is 51.5 Å². The average Bonchev–Trinajstić information content (AvgIpc) is 1.30. The smallest absolute Gasteiger partial charge is 0.363 e. The summed E-state index contributed by atoms with van der Waals surface area (Å²) in [6.07, 6.45) is 5.42. The second kappa shape index (κ2) is 45.0. The number of carboxylic acids is 1. The molecule has 0 saturated heterocycles. The number of carboxylic acid groups (broad SMARTS) is 1. The molecule has 0 bridgehead atoms. The summed E-state index contributed by atoms with van der Waals surface area (Å²) in [5.74, 6) is 5.77. The molecule has 0 fully saturated rings. The molecule has 0 amide bonds. The van der Waals surface area contributed by atoms with Crippen LogP contribution in [-0.2, 0) is 5.41 Å². The number of thiazole rings is 5. The number of aromatic carboxylic acids is 1. The molecule has 0 aliphatic heterocycles. The molecule has 0 atom stereocenters. The van der Waals surface area contributed by atoms with E-state index < -0.39 is 10.9 Å². The number of imidazole rings is 3. The number of aromatic nitrogens is 15. The zero-order chi connectivity index (χ0) is 87.3. The van der Waals surface area contributed by atoms with E-state index in [-0.39, 0.29) is 16.8 Å². The molecule has 120 heavy (non-hydrogen) atoms. The SMILES string of the molecule is COc1ccc2nc(C)[nH]c2c1.COc1ccc2nc(C)sc2c1.Cc1cc(C(C)(C)C)on1.Cc1ccc2nc(C)oc2c1.Cc1ccc2nc(C)sc2c1.Cc1cccc([N+](=O)[O-])n1.Cc1nc2cc(C)c(C)cc2[nH]1.Cc1nc2cc(Cl)ccc2o1.Cc1nc2ccc(C(=O)O)cc2[nH]1.Cc1nccs1.Cc1nccs1.Cc1nccs1. The van der Waals surface area contributed by atoms with Gasteiger partial charge in [0, 0.05) is 84.1 Å². The molecule has 31 heteroatoms. The molecular weight excluding hydrogens is 1630 g/mol. The number of hydrogen-bond acceptors (Lipinski definition) is 25. The quantitative estimate of drug-likeness (QED) is 0.0939. The van der Waals surface area contributed by atoms with E-state index in [9.17, 15) is 14.9 Å². The van der Waals surface area contributed by atoms with Crippen LogP contribution in [-0.4, -0.2) is 105 Å². The molecule has 25 nitrogen and oxygen atoms in total. The first-order valence-electron chi connectivity index (χ1n) is 37.4. The minimum Gasteiger partial charge on any atom is -0.497 e. The number of aromatic amines is 3. The van der Waals surface area contributed by atoms with Gasteiger partial charge in [0.25, 0.3) is 0 Å². The highest BCUT2D eigenvalue weighted by molar-refractivity contribution is 7.18. The summed E-state index contributed by atoms with van der Waals surface area (Å²) >= 11 is 14.2. The molecule has 12 aromatic heterocycles. The Hall–Kier alpha value is -12.3. The number of halogens is 1. The van der Waals surface area contributed by atoms with Crippen molar-refractivity contribution in [3.8, 4) is 11.5 Å². The highest BCUT2D eigenvalue weighted by atomic mass is 35.5. The molecule has 0 aliphatic carbocycles. The Morgan fingerprint density at radius 3 is 1.41 bits per heavy atom. The van der Waals surface area contributed by atoms with Gasteiger partial charge in [0.2, 0.25) is 0 Å². The summed E-state index contributed by atoms with van der Waals surface area (Å²) in [5.41, 5.74) is 18.4. The summed E-state index contributed by atoms with van der Waals surface area (Å²) in [5, 5.41) is 34.9. The van der Waals surface area contributed by atoms with Gasteiger partial charge < -0.3 is 53.0 Å². The van der Waals surface area contributed by atoms with Crippen LogP contribution >= 0.6 is 68.3 Å². The van der Waals surface area contributed by atoms with Crippen molar-refractivity contribution in [2.24, 2.45) is 0 Å². The van der Waals surface area contributed by atoms with Gasteiger partial charge >= 0.3 is 11.8 Å². The molecule has 19 rings (SSSR count). The average molecular weight is 1730 g/mol. The maximum absolute atomic E-state index is 10.6. The van der Waals surface area contributed by atoms with Crippen molar-refractivity contribution in [2.45, 2.75) is 137 Å². The first kappa shape index (κ1) is 93.2. The van der Waals surface area contributed by atoms with Crippen molar-refractivity contribution >= 4 is 156 Å². The molecule has 4 N–H and O–H groups in total. The Balaban J connectivity index is 0.000000164. The summed E-state index contributed by atoms with van der Waals surface area (Å²) < 4.78 is 28.3. The minimum atomic E-state index is -0.922. The molecule has 12 heterocycles. The number of pyridine rings is 1. The number of nitro groups is 1. The summed E-state index contributed by atoms with van der Waals surface area (Å²) in [6.45, 7) is 37.8. The van der Waals surface area contributed by atoms with Crippen molar-refractivity contribution in [2.75, 3.05) is 14.2 Å². The number of ether oxygens (including phenoxy) is 2. The van der Waals surface area contributed by atoms with E-state index in [1.165, 1.54) is 37.7 Å². The van der Waals surface area contributed by atoms with Gasteiger partial charge in [-0.2, -0.15) is 0 Å². The molecule has 19 aromatic rings. The number of oxazole rings is 2. The summed E-state index contributed by atoms with van der Waals surface area (Å²) in [7, 11) is 3.33. The zero-order valence-corrected chi connectivity index (χ0v) is 75.6. The lowest BCUT2D eigenvalue weighted by Gasteiger charge is -2.11. The number of nitrogens with zero attached hydrogens (tertiary/aromatic N) is 13. The monoisotopic (exact) mass is 1730 g/mol. The Morgan fingerprint density at radius 2 is 0.933 bits per heavy atom. The maximum Gasteiger partial charge on any atom is 0.363 e. The topological polar surface area (TPSA) is 340 Å². The van der Waals surface area contributed by atoms with Crippen LogP contribution in [0.2, 0.25) is 5.02 Å². The van der Waals surface area contributed by atoms with Crippen molar-refractivity contribution in [3.63, 3.8) is 0 Å². The van der Waals surface area contributed by atoms with Crippen LogP contribution in [0.3, 0.4) is 0 Å². The molecule has 0 spiro atoms. The van der Waals surface area contributed by atoms with Crippen LogP contribution in [0.4, 0.5) is 5.82 Å². The lowest BCUT2D eigenvalue weighted by molar-refractivity contribution is -0.389. The number of rotatable bonds is 4.